The van der Waals surface area contributed by atoms with E-state index in [0.29, 0.717) is 23.8 Å². The van der Waals surface area contributed by atoms with Crippen molar-refractivity contribution < 1.29 is 14.3 Å². The van der Waals surface area contributed by atoms with Crippen LogP contribution in [0.25, 0.3) is 0 Å². The molecule has 0 atom stereocenters. The van der Waals surface area contributed by atoms with Crippen molar-refractivity contribution in [2.24, 2.45) is 0 Å². The maximum Gasteiger partial charge on any atom is 0.311 e. The first-order valence-electron chi connectivity index (χ1n) is 6.36. The largest absolute Gasteiger partial charge is 0.469 e. The molecule has 0 fully saturated rings. The molecule has 112 valence electrons. The minimum absolute atomic E-state index is 0.00339. The molecule has 0 aliphatic rings. The molecule has 2 N–H and O–H groups in total. The van der Waals surface area contributed by atoms with Gasteiger partial charge >= 0.3 is 5.97 Å². The molecule has 0 saturated carbocycles. The summed E-state index contributed by atoms with van der Waals surface area (Å²) in [5.74, 6) is -0.317. The van der Waals surface area contributed by atoms with Crippen molar-refractivity contribution in [3.05, 3.63) is 11.1 Å². The summed E-state index contributed by atoms with van der Waals surface area (Å²) >= 11 is 1.41. The van der Waals surface area contributed by atoms with Gasteiger partial charge in [-0.2, -0.15) is 0 Å². The van der Waals surface area contributed by atoms with Crippen LogP contribution in [0.15, 0.2) is 5.38 Å². The number of carbonyl (C=O) groups is 2. The summed E-state index contributed by atoms with van der Waals surface area (Å²) in [7, 11) is 1.35. The summed E-state index contributed by atoms with van der Waals surface area (Å²) in [5.41, 5.74) is 0.454. The number of esters is 1. The number of nitrogens with zero attached hydrogens (tertiary/aromatic N) is 1. The van der Waals surface area contributed by atoms with E-state index in [2.05, 4.69) is 20.4 Å². The molecule has 0 saturated heterocycles. The van der Waals surface area contributed by atoms with E-state index in [4.69, 9.17) is 0 Å². The smallest absolute Gasteiger partial charge is 0.311 e. The molecule has 1 heterocycles. The molecule has 0 aliphatic carbocycles. The number of thiazole rings is 1. The van der Waals surface area contributed by atoms with E-state index in [0.717, 1.165) is 0 Å². The lowest BCUT2D eigenvalue weighted by Gasteiger charge is -2.20. The average molecular weight is 299 g/mol. The van der Waals surface area contributed by atoms with Crippen LogP contribution in [-0.4, -0.2) is 36.1 Å². The second-order valence-electron chi connectivity index (χ2n) is 5.37. The van der Waals surface area contributed by atoms with Gasteiger partial charge in [-0.15, -0.1) is 11.3 Å². The van der Waals surface area contributed by atoms with Crippen LogP contribution in [0.4, 0.5) is 5.13 Å². The SMILES string of the molecule is COC(=O)Cc1csc(NCCC(=O)NC(C)(C)C)n1. The Bertz CT molecular complexity index is 466. The highest BCUT2D eigenvalue weighted by atomic mass is 32.1. The summed E-state index contributed by atoms with van der Waals surface area (Å²) < 4.78 is 4.57. The molecule has 0 bridgehead atoms. The van der Waals surface area contributed by atoms with Gasteiger partial charge in [-0.1, -0.05) is 0 Å². The van der Waals surface area contributed by atoms with Gasteiger partial charge in [-0.3, -0.25) is 9.59 Å². The Labute approximate surface area is 122 Å². The fourth-order valence-electron chi connectivity index (χ4n) is 1.45. The van der Waals surface area contributed by atoms with E-state index in [1.54, 1.807) is 5.38 Å². The molecule has 20 heavy (non-hydrogen) atoms. The fraction of sp³-hybridized carbons (Fsp3) is 0.615. The molecule has 0 aliphatic heterocycles. The Morgan fingerprint density at radius 1 is 1.40 bits per heavy atom. The van der Waals surface area contributed by atoms with Gasteiger partial charge in [0.05, 0.1) is 19.2 Å². The zero-order valence-electron chi connectivity index (χ0n) is 12.3. The number of hydrogen-bond acceptors (Lipinski definition) is 6. The first kappa shape index (κ1) is 16.4. The van der Waals surface area contributed by atoms with Crippen molar-refractivity contribution in [3.63, 3.8) is 0 Å². The second kappa shape index (κ2) is 7.23. The number of methoxy groups -OCH3 is 1. The monoisotopic (exact) mass is 299 g/mol. The highest BCUT2D eigenvalue weighted by Gasteiger charge is 2.13. The summed E-state index contributed by atoms with van der Waals surface area (Å²) in [6.45, 7) is 6.34. The summed E-state index contributed by atoms with van der Waals surface area (Å²) in [5, 5.41) is 8.46. The van der Waals surface area contributed by atoms with Gasteiger partial charge in [0.15, 0.2) is 5.13 Å². The molecule has 0 radical (unpaired) electrons. The lowest BCUT2D eigenvalue weighted by Crippen LogP contribution is -2.41. The highest BCUT2D eigenvalue weighted by molar-refractivity contribution is 7.13. The Kier molecular flexibility index (Phi) is 5.94. The van der Waals surface area contributed by atoms with Crippen LogP contribution in [0.2, 0.25) is 0 Å². The Balaban J connectivity index is 2.32. The topological polar surface area (TPSA) is 80.3 Å². The molecule has 7 heteroatoms. The standard InChI is InChI=1S/C13H21N3O3S/c1-13(2,3)16-10(17)5-6-14-12-15-9(8-20-12)7-11(18)19-4/h8H,5-7H2,1-4H3,(H,14,15)(H,16,17). The van der Waals surface area contributed by atoms with E-state index in [1.165, 1.54) is 18.4 Å². The number of rotatable bonds is 6. The van der Waals surface area contributed by atoms with Crippen molar-refractivity contribution in [3.8, 4) is 0 Å². The minimum Gasteiger partial charge on any atom is -0.469 e. The van der Waals surface area contributed by atoms with Crippen LogP contribution in [0.1, 0.15) is 32.9 Å². The van der Waals surface area contributed by atoms with Gasteiger partial charge in [0, 0.05) is 23.9 Å². The van der Waals surface area contributed by atoms with Crippen LogP contribution in [0.3, 0.4) is 0 Å². The minimum atomic E-state index is -0.314. The molecular weight excluding hydrogens is 278 g/mol. The summed E-state index contributed by atoms with van der Waals surface area (Å²) in [4.78, 5) is 26.9. The quantitative estimate of drug-likeness (QED) is 0.779. The Morgan fingerprint density at radius 3 is 2.70 bits per heavy atom. The number of amides is 1. The van der Waals surface area contributed by atoms with E-state index in [-0.39, 0.29) is 23.8 Å². The average Bonchev–Trinajstić information content (AvgIpc) is 2.74. The highest BCUT2D eigenvalue weighted by Crippen LogP contribution is 2.15. The van der Waals surface area contributed by atoms with Crippen LogP contribution in [0.5, 0.6) is 0 Å². The molecule has 0 spiro atoms. The van der Waals surface area contributed by atoms with Crippen LogP contribution in [0, 0.1) is 0 Å². The normalized spacial score (nSPS) is 11.0. The molecule has 1 rings (SSSR count). The van der Waals surface area contributed by atoms with Crippen molar-refractivity contribution in [2.45, 2.75) is 39.2 Å². The number of ether oxygens (including phenoxy) is 1. The van der Waals surface area contributed by atoms with Gasteiger partial charge in [-0.25, -0.2) is 4.98 Å². The maximum absolute atomic E-state index is 11.6. The summed E-state index contributed by atoms with van der Waals surface area (Å²) in [6.07, 6.45) is 0.544. The van der Waals surface area contributed by atoms with Gasteiger partial charge in [0.1, 0.15) is 0 Å². The van der Waals surface area contributed by atoms with Crippen LogP contribution in [-0.2, 0) is 20.7 Å². The third-order valence-electron chi connectivity index (χ3n) is 2.25. The van der Waals surface area contributed by atoms with E-state index < -0.39 is 0 Å². The maximum atomic E-state index is 11.6. The number of aromatic nitrogens is 1. The Morgan fingerprint density at radius 2 is 2.10 bits per heavy atom. The zero-order chi connectivity index (χ0) is 15.2. The summed E-state index contributed by atoms with van der Waals surface area (Å²) in [6, 6.07) is 0. The zero-order valence-corrected chi connectivity index (χ0v) is 13.1. The van der Waals surface area contributed by atoms with Crippen molar-refractivity contribution in [2.75, 3.05) is 19.0 Å². The third kappa shape index (κ3) is 6.51. The number of hydrogen-bond donors (Lipinski definition) is 2. The van der Waals surface area contributed by atoms with Gasteiger partial charge in [0.25, 0.3) is 0 Å². The van der Waals surface area contributed by atoms with E-state index >= 15 is 0 Å². The van der Waals surface area contributed by atoms with Gasteiger partial charge in [0.2, 0.25) is 5.91 Å². The van der Waals surface area contributed by atoms with Gasteiger partial charge < -0.3 is 15.4 Å². The molecule has 0 unspecified atom stereocenters. The number of nitrogens with one attached hydrogen (secondary N) is 2. The molecule has 0 aromatic carbocycles. The van der Waals surface area contributed by atoms with Crippen molar-refractivity contribution in [1.29, 1.82) is 0 Å². The lowest BCUT2D eigenvalue weighted by molar-refractivity contribution is -0.139. The van der Waals surface area contributed by atoms with E-state index in [1.807, 2.05) is 20.8 Å². The molecule has 1 amide bonds. The fourth-order valence-corrected chi connectivity index (χ4v) is 2.19. The van der Waals surface area contributed by atoms with Crippen molar-refractivity contribution >= 4 is 28.3 Å². The number of anilines is 1. The Hall–Kier alpha value is -1.63. The van der Waals surface area contributed by atoms with Crippen LogP contribution >= 0.6 is 11.3 Å². The first-order valence-corrected chi connectivity index (χ1v) is 7.24. The molecule has 1 aromatic rings. The first-order chi connectivity index (χ1) is 9.30. The third-order valence-corrected chi connectivity index (χ3v) is 3.10. The predicted molar refractivity (Wildman–Crippen MR) is 78.8 cm³/mol. The van der Waals surface area contributed by atoms with Crippen LogP contribution < -0.4 is 10.6 Å². The molecule has 1 aromatic heterocycles. The van der Waals surface area contributed by atoms with Crippen molar-refractivity contribution in [1.82, 2.24) is 10.3 Å². The predicted octanol–water partition coefficient (Wildman–Crippen LogP) is 1.58. The molecular formula is C13H21N3O3S. The van der Waals surface area contributed by atoms with Gasteiger partial charge in [-0.05, 0) is 20.8 Å². The molecule has 6 nitrogen and oxygen atoms in total. The lowest BCUT2D eigenvalue weighted by atomic mass is 10.1. The second-order valence-corrected chi connectivity index (χ2v) is 6.23. The number of carbonyl (C=O) groups excluding carboxylic acids is 2. The van der Waals surface area contributed by atoms with E-state index in [9.17, 15) is 9.59 Å².